The van der Waals surface area contributed by atoms with E-state index in [2.05, 4.69) is 12.2 Å². The average molecular weight is 369 g/mol. The first-order chi connectivity index (χ1) is 11.9. The maximum atomic E-state index is 12.5. The van der Waals surface area contributed by atoms with E-state index < -0.39 is 10.0 Å². The first-order valence-corrected chi connectivity index (χ1v) is 10.6. The Balaban J connectivity index is 1.99. The lowest BCUT2D eigenvalue weighted by atomic mass is 10.0. The molecule has 1 aromatic carbocycles. The molecule has 1 amide bonds. The van der Waals surface area contributed by atoms with Crippen LogP contribution in [0.3, 0.4) is 0 Å². The molecule has 0 bridgehead atoms. The molecular weight excluding hydrogens is 338 g/mol. The molecule has 0 spiro atoms. The number of likely N-dealkylation sites (tertiary alicyclic amines) is 1. The van der Waals surface area contributed by atoms with Crippen molar-refractivity contribution in [1.82, 2.24) is 4.31 Å². The van der Waals surface area contributed by atoms with Crippen LogP contribution in [0.25, 0.3) is 0 Å². The van der Waals surface area contributed by atoms with E-state index in [9.17, 15) is 13.2 Å². The Labute approximate surface area is 151 Å². The quantitative estimate of drug-likeness (QED) is 0.757. The van der Waals surface area contributed by atoms with Gasteiger partial charge >= 0.3 is 0 Å². The highest BCUT2D eigenvalue weighted by molar-refractivity contribution is 7.89. The van der Waals surface area contributed by atoms with Crippen LogP contribution in [0, 0.1) is 0 Å². The van der Waals surface area contributed by atoms with Crippen molar-refractivity contribution in [1.29, 1.82) is 0 Å². The predicted octanol–water partition coefficient (Wildman–Crippen LogP) is 1.11. The molecule has 1 unspecified atom stereocenters. The molecule has 0 radical (unpaired) electrons. The molecule has 1 aliphatic rings. The lowest BCUT2D eigenvalue weighted by Gasteiger charge is -2.29. The number of carbonyl (C=O) groups is 1. The van der Waals surface area contributed by atoms with Crippen LogP contribution >= 0.6 is 0 Å². The highest BCUT2D eigenvalue weighted by atomic mass is 32.2. The van der Waals surface area contributed by atoms with Gasteiger partial charge in [-0.15, -0.1) is 0 Å². The van der Waals surface area contributed by atoms with Crippen LogP contribution in [0.5, 0.6) is 0 Å². The molecule has 2 rings (SSSR count). The summed E-state index contributed by atoms with van der Waals surface area (Å²) in [5, 5.41) is 2.88. The fraction of sp³-hybridized carbons (Fsp3) is 0.611. The lowest BCUT2D eigenvalue weighted by molar-refractivity contribution is -0.920. The second-order valence-corrected chi connectivity index (χ2v) is 8.58. The van der Waals surface area contributed by atoms with Crippen LogP contribution in [0.1, 0.15) is 40.0 Å². The molecule has 7 heteroatoms. The van der Waals surface area contributed by atoms with E-state index in [0.717, 1.165) is 6.54 Å². The summed E-state index contributed by atoms with van der Waals surface area (Å²) < 4.78 is 26.3. The lowest BCUT2D eigenvalue weighted by Crippen LogP contribution is -3.17. The van der Waals surface area contributed by atoms with Gasteiger partial charge in [-0.3, -0.25) is 4.79 Å². The number of nitrogens with one attached hydrogen (secondary N) is 2. The van der Waals surface area contributed by atoms with Gasteiger partial charge in [0.1, 0.15) is 0 Å². The van der Waals surface area contributed by atoms with Crippen molar-refractivity contribution in [3.8, 4) is 0 Å². The third-order valence-corrected chi connectivity index (χ3v) is 7.01. The van der Waals surface area contributed by atoms with Gasteiger partial charge in [-0.05, 0) is 50.5 Å². The minimum Gasteiger partial charge on any atom is -0.325 e. The third kappa shape index (κ3) is 5.03. The predicted molar refractivity (Wildman–Crippen MR) is 99.2 cm³/mol. The van der Waals surface area contributed by atoms with E-state index in [-0.39, 0.29) is 10.8 Å². The highest BCUT2D eigenvalue weighted by Gasteiger charge is 2.24. The van der Waals surface area contributed by atoms with E-state index >= 15 is 0 Å². The number of benzene rings is 1. The van der Waals surface area contributed by atoms with Crippen LogP contribution < -0.4 is 10.2 Å². The fourth-order valence-corrected chi connectivity index (χ4v) is 4.81. The van der Waals surface area contributed by atoms with Crippen molar-refractivity contribution in [2.45, 2.75) is 51.0 Å². The molecule has 0 saturated carbocycles. The first kappa shape index (κ1) is 19.9. The Morgan fingerprint density at radius 2 is 1.84 bits per heavy atom. The number of hydrogen-bond acceptors (Lipinski definition) is 3. The van der Waals surface area contributed by atoms with Gasteiger partial charge in [-0.25, -0.2) is 8.42 Å². The number of sulfonamides is 1. The molecule has 1 aromatic rings. The standard InChI is InChI=1S/C18H29N3O3S/c1-4-21(5-2)25(23,24)17-11-9-16(10-12-17)19-18(22)14-20-13-7-6-8-15(20)3/h9-12,15H,4-8,13-14H2,1-3H3,(H,19,22)/p+1/t15-/m0/s1. The van der Waals surface area contributed by atoms with Crippen LogP contribution in [0.2, 0.25) is 0 Å². The molecule has 2 atom stereocenters. The minimum atomic E-state index is -3.46. The largest absolute Gasteiger partial charge is 0.325 e. The van der Waals surface area contributed by atoms with Crippen LogP contribution in [0.15, 0.2) is 29.2 Å². The average Bonchev–Trinajstić information content (AvgIpc) is 2.58. The second kappa shape index (κ2) is 8.78. The SMILES string of the molecule is CCN(CC)S(=O)(=O)c1ccc(NC(=O)C[NH+]2CCCC[C@@H]2C)cc1. The molecule has 25 heavy (non-hydrogen) atoms. The minimum absolute atomic E-state index is 0.0249. The molecular formula is C18H30N3O3S+. The van der Waals surface area contributed by atoms with E-state index in [1.165, 1.54) is 28.5 Å². The van der Waals surface area contributed by atoms with Crippen LogP contribution in [0.4, 0.5) is 5.69 Å². The summed E-state index contributed by atoms with van der Waals surface area (Å²) in [7, 11) is -3.46. The summed E-state index contributed by atoms with van der Waals surface area (Å²) in [4.78, 5) is 13.8. The maximum Gasteiger partial charge on any atom is 0.279 e. The second-order valence-electron chi connectivity index (χ2n) is 6.64. The van der Waals surface area contributed by atoms with Gasteiger partial charge in [0.2, 0.25) is 10.0 Å². The van der Waals surface area contributed by atoms with E-state index in [1.54, 1.807) is 24.3 Å². The van der Waals surface area contributed by atoms with Gasteiger partial charge in [0.05, 0.1) is 17.5 Å². The topological polar surface area (TPSA) is 70.9 Å². The summed E-state index contributed by atoms with van der Waals surface area (Å²) in [5.41, 5.74) is 0.632. The summed E-state index contributed by atoms with van der Waals surface area (Å²) in [6, 6.07) is 6.94. The van der Waals surface area contributed by atoms with Gasteiger partial charge in [-0.1, -0.05) is 13.8 Å². The summed E-state index contributed by atoms with van der Waals surface area (Å²) >= 11 is 0. The summed E-state index contributed by atoms with van der Waals surface area (Å²) in [5.74, 6) is -0.0249. The van der Waals surface area contributed by atoms with E-state index in [1.807, 2.05) is 13.8 Å². The van der Waals surface area contributed by atoms with Crippen molar-refractivity contribution in [3.63, 3.8) is 0 Å². The third-order valence-electron chi connectivity index (χ3n) is 4.95. The van der Waals surface area contributed by atoms with Gasteiger partial charge in [-0.2, -0.15) is 4.31 Å². The Kier molecular flexibility index (Phi) is 6.98. The van der Waals surface area contributed by atoms with Gasteiger partial charge in [0.15, 0.2) is 6.54 Å². The van der Waals surface area contributed by atoms with Crippen molar-refractivity contribution >= 4 is 21.6 Å². The highest BCUT2D eigenvalue weighted by Crippen LogP contribution is 2.18. The fourth-order valence-electron chi connectivity index (χ4n) is 3.35. The Bertz CT molecular complexity index is 669. The van der Waals surface area contributed by atoms with Crippen molar-refractivity contribution in [2.75, 3.05) is 31.5 Å². The van der Waals surface area contributed by atoms with E-state index in [4.69, 9.17) is 0 Å². The number of carbonyl (C=O) groups excluding carboxylic acids is 1. The zero-order valence-electron chi connectivity index (χ0n) is 15.4. The first-order valence-electron chi connectivity index (χ1n) is 9.13. The Hall–Kier alpha value is -1.44. The van der Waals surface area contributed by atoms with Crippen molar-refractivity contribution in [3.05, 3.63) is 24.3 Å². The molecule has 1 fully saturated rings. The van der Waals surface area contributed by atoms with Crippen LogP contribution in [-0.4, -0.2) is 50.9 Å². The number of amides is 1. The number of piperidine rings is 1. The zero-order chi connectivity index (χ0) is 18.4. The number of anilines is 1. The zero-order valence-corrected chi connectivity index (χ0v) is 16.2. The molecule has 0 aromatic heterocycles. The smallest absolute Gasteiger partial charge is 0.279 e. The molecule has 1 saturated heterocycles. The monoisotopic (exact) mass is 368 g/mol. The Morgan fingerprint density at radius 1 is 1.20 bits per heavy atom. The van der Waals surface area contributed by atoms with E-state index in [0.29, 0.717) is 31.4 Å². The van der Waals surface area contributed by atoms with Gasteiger partial charge < -0.3 is 10.2 Å². The number of quaternary nitrogens is 1. The number of nitrogens with zero attached hydrogens (tertiary/aromatic N) is 1. The molecule has 2 N–H and O–H groups in total. The Morgan fingerprint density at radius 3 is 2.40 bits per heavy atom. The van der Waals surface area contributed by atoms with Crippen molar-refractivity contribution < 1.29 is 18.1 Å². The molecule has 1 heterocycles. The van der Waals surface area contributed by atoms with Gasteiger partial charge in [0.25, 0.3) is 5.91 Å². The summed E-state index contributed by atoms with van der Waals surface area (Å²) in [6.07, 6.45) is 3.58. The summed E-state index contributed by atoms with van der Waals surface area (Å²) in [6.45, 7) is 8.20. The maximum absolute atomic E-state index is 12.5. The normalized spacial score (nSPS) is 21.3. The van der Waals surface area contributed by atoms with Gasteiger partial charge in [0, 0.05) is 18.8 Å². The molecule has 1 aliphatic heterocycles. The molecule has 6 nitrogen and oxygen atoms in total. The van der Waals surface area contributed by atoms with Crippen LogP contribution in [-0.2, 0) is 14.8 Å². The van der Waals surface area contributed by atoms with Crippen molar-refractivity contribution in [2.24, 2.45) is 0 Å². The number of hydrogen-bond donors (Lipinski definition) is 2. The molecule has 140 valence electrons. The number of rotatable bonds is 7. The molecule has 0 aliphatic carbocycles.